The second-order valence-electron chi connectivity index (χ2n) is 7.83. The molecule has 7 heteroatoms. The van der Waals surface area contributed by atoms with E-state index >= 15 is 0 Å². The molecular weight excluding hydrogens is 489 g/mol. The Bertz CT molecular complexity index is 1630. The van der Waals surface area contributed by atoms with Crippen LogP contribution in [0.5, 0.6) is 0 Å². The summed E-state index contributed by atoms with van der Waals surface area (Å²) in [5.74, 6) is 0. The predicted octanol–water partition coefficient (Wildman–Crippen LogP) is 8.23. The monoisotopic (exact) mass is 502 g/mol. The van der Waals surface area contributed by atoms with Crippen LogP contribution in [0.25, 0.3) is 52.8 Å². The second kappa shape index (κ2) is 8.90. The Morgan fingerprint density at radius 2 is 0.886 bits per heavy atom. The Balaban J connectivity index is 1.36. The van der Waals surface area contributed by atoms with Gasteiger partial charge in [-0.15, -0.1) is 22.7 Å². The van der Waals surface area contributed by atoms with Gasteiger partial charge >= 0.3 is 0 Å². The van der Waals surface area contributed by atoms with Crippen LogP contribution in [0.15, 0.2) is 84.9 Å². The zero-order valence-electron chi connectivity index (χ0n) is 18.1. The number of hydrogen-bond donors (Lipinski definition) is 0. The predicted molar refractivity (Wildman–Crippen MR) is 144 cm³/mol. The zero-order chi connectivity index (χ0) is 23.8. The molecule has 0 unspecified atom stereocenters. The van der Waals surface area contributed by atoms with E-state index in [-0.39, 0.29) is 0 Å². The van der Waals surface area contributed by atoms with Crippen molar-refractivity contribution in [3.8, 4) is 53.9 Å². The van der Waals surface area contributed by atoms with Crippen LogP contribution in [0.1, 0.15) is 11.1 Å². The van der Waals surface area contributed by atoms with Gasteiger partial charge in [0, 0.05) is 30.6 Å². The molecule has 0 amide bonds. The van der Waals surface area contributed by atoms with Gasteiger partial charge in [-0.1, -0.05) is 36.4 Å². The average Bonchev–Trinajstić information content (AvgIpc) is 3.69. The van der Waals surface area contributed by atoms with Gasteiger partial charge in [0.05, 0.1) is 35.0 Å². The van der Waals surface area contributed by atoms with Crippen molar-refractivity contribution in [2.24, 2.45) is 0 Å². The molecule has 4 nitrogen and oxygen atoms in total. The van der Waals surface area contributed by atoms with E-state index in [0.29, 0.717) is 11.1 Å². The number of nitriles is 2. The minimum absolute atomic E-state index is 0.660. The van der Waals surface area contributed by atoms with Gasteiger partial charge in [0.25, 0.3) is 0 Å². The molecule has 0 spiro atoms. The fourth-order valence-corrected chi connectivity index (χ4v) is 6.61. The van der Waals surface area contributed by atoms with Crippen molar-refractivity contribution in [3.63, 3.8) is 0 Å². The molecule has 35 heavy (non-hydrogen) atoms. The Hall–Kier alpha value is -4.14. The fraction of sp³-hybridized carbons (Fsp3) is 0. The first kappa shape index (κ1) is 21.4. The molecule has 0 N–H and O–H groups in total. The normalized spacial score (nSPS) is 10.8. The van der Waals surface area contributed by atoms with Gasteiger partial charge in [0.1, 0.15) is 11.0 Å². The van der Waals surface area contributed by atoms with E-state index in [4.69, 9.17) is 10.5 Å². The van der Waals surface area contributed by atoms with E-state index in [2.05, 4.69) is 57.3 Å². The lowest BCUT2D eigenvalue weighted by molar-refractivity contribution is 1.49. The van der Waals surface area contributed by atoms with Gasteiger partial charge in [0.15, 0.2) is 0 Å². The summed E-state index contributed by atoms with van der Waals surface area (Å²) in [6, 6.07) is 32.4. The number of benzene rings is 3. The summed E-state index contributed by atoms with van der Waals surface area (Å²) in [6.45, 7) is 0. The van der Waals surface area contributed by atoms with Crippen molar-refractivity contribution in [1.82, 2.24) is 8.75 Å². The molecule has 6 rings (SSSR count). The average molecular weight is 503 g/mol. The maximum absolute atomic E-state index is 9.05. The molecule has 6 aromatic rings. The van der Waals surface area contributed by atoms with Crippen molar-refractivity contribution in [2.45, 2.75) is 0 Å². The van der Waals surface area contributed by atoms with E-state index in [0.717, 1.165) is 52.8 Å². The van der Waals surface area contributed by atoms with E-state index in [1.54, 1.807) is 22.7 Å². The summed E-state index contributed by atoms with van der Waals surface area (Å²) in [5, 5.41) is 18.1. The van der Waals surface area contributed by atoms with Gasteiger partial charge in [-0.25, -0.2) is 0 Å². The molecule has 0 aliphatic heterocycles. The van der Waals surface area contributed by atoms with Crippen LogP contribution in [0.4, 0.5) is 0 Å². The molecule has 0 saturated heterocycles. The molecule has 3 aromatic carbocycles. The lowest BCUT2D eigenvalue weighted by Crippen LogP contribution is -1.81. The number of fused-ring (bicyclic) bond motifs is 1. The highest BCUT2D eigenvalue weighted by atomic mass is 32.1. The Kier molecular flexibility index (Phi) is 5.44. The SMILES string of the molecule is N#Cc1ccc(-c2ccc(-c3ccc(-c4ccc(-c5ccc(C#N)cc5)s4)c4nsnc34)s2)cc1. The van der Waals surface area contributed by atoms with E-state index in [1.807, 2.05) is 48.5 Å². The highest BCUT2D eigenvalue weighted by Gasteiger charge is 2.16. The third-order valence-electron chi connectivity index (χ3n) is 5.76. The van der Waals surface area contributed by atoms with E-state index in [1.165, 1.54) is 11.7 Å². The Labute approximate surface area is 213 Å². The van der Waals surface area contributed by atoms with Crippen molar-refractivity contribution in [1.29, 1.82) is 10.5 Å². The number of thiophene rings is 2. The summed E-state index contributed by atoms with van der Waals surface area (Å²) in [6.07, 6.45) is 0. The van der Waals surface area contributed by atoms with Crippen LogP contribution in [0.3, 0.4) is 0 Å². The van der Waals surface area contributed by atoms with Crippen LogP contribution in [0, 0.1) is 22.7 Å². The molecule has 164 valence electrons. The molecule has 0 aliphatic rings. The topological polar surface area (TPSA) is 73.4 Å². The van der Waals surface area contributed by atoms with E-state index in [9.17, 15) is 0 Å². The van der Waals surface area contributed by atoms with Crippen molar-refractivity contribution in [3.05, 3.63) is 96.1 Å². The second-order valence-corrected chi connectivity index (χ2v) is 10.5. The molecule has 0 radical (unpaired) electrons. The number of hydrogen-bond acceptors (Lipinski definition) is 7. The van der Waals surface area contributed by atoms with Gasteiger partial charge in [-0.2, -0.15) is 19.3 Å². The largest absolute Gasteiger partial charge is 0.192 e. The number of nitrogens with zero attached hydrogens (tertiary/aromatic N) is 4. The van der Waals surface area contributed by atoms with Crippen molar-refractivity contribution >= 4 is 45.4 Å². The molecule has 0 fully saturated rings. The summed E-state index contributed by atoms with van der Waals surface area (Å²) >= 11 is 4.65. The summed E-state index contributed by atoms with van der Waals surface area (Å²) in [4.78, 5) is 4.57. The maximum Gasteiger partial charge on any atom is 0.114 e. The maximum atomic E-state index is 9.05. The smallest absolute Gasteiger partial charge is 0.114 e. The molecule has 3 aromatic heterocycles. The summed E-state index contributed by atoms with van der Waals surface area (Å²) in [5.41, 5.74) is 7.48. The number of aromatic nitrogens is 2. The molecule has 0 atom stereocenters. The molecule has 0 aliphatic carbocycles. The third-order valence-corrected chi connectivity index (χ3v) is 8.62. The Morgan fingerprint density at radius 3 is 1.29 bits per heavy atom. The van der Waals surface area contributed by atoms with Crippen LogP contribution in [-0.2, 0) is 0 Å². The van der Waals surface area contributed by atoms with E-state index < -0.39 is 0 Å². The minimum atomic E-state index is 0.660. The van der Waals surface area contributed by atoms with Crippen LogP contribution in [-0.4, -0.2) is 8.75 Å². The fourth-order valence-electron chi connectivity index (χ4n) is 3.96. The van der Waals surface area contributed by atoms with Crippen LogP contribution < -0.4 is 0 Å². The standard InChI is InChI=1S/C28H14N4S3/c29-15-17-1-5-19(6-2-17)23-11-13-25(33-23)21-9-10-22(28-27(21)31-35-32-28)26-14-12-24(34-26)20-7-3-18(16-30)4-8-20/h1-14H. The highest BCUT2D eigenvalue weighted by Crippen LogP contribution is 2.42. The quantitative estimate of drug-likeness (QED) is 0.243. The Morgan fingerprint density at radius 1 is 0.486 bits per heavy atom. The van der Waals surface area contributed by atoms with Crippen LogP contribution in [0.2, 0.25) is 0 Å². The van der Waals surface area contributed by atoms with Crippen molar-refractivity contribution in [2.75, 3.05) is 0 Å². The molecule has 3 heterocycles. The van der Waals surface area contributed by atoms with Gasteiger partial charge < -0.3 is 0 Å². The van der Waals surface area contributed by atoms with Crippen LogP contribution >= 0.6 is 34.4 Å². The first-order valence-corrected chi connectivity index (χ1v) is 13.1. The van der Waals surface area contributed by atoms with Gasteiger partial charge in [-0.05, 0) is 59.7 Å². The van der Waals surface area contributed by atoms with Gasteiger partial charge in [-0.3, -0.25) is 0 Å². The lowest BCUT2D eigenvalue weighted by atomic mass is 10.1. The first-order chi connectivity index (χ1) is 17.2. The lowest BCUT2D eigenvalue weighted by Gasteiger charge is -2.04. The molecule has 0 bridgehead atoms. The molecule has 0 saturated carbocycles. The summed E-state index contributed by atoms with van der Waals surface area (Å²) in [7, 11) is 0. The van der Waals surface area contributed by atoms with Crippen molar-refractivity contribution < 1.29 is 0 Å². The third kappa shape index (κ3) is 3.92. The van der Waals surface area contributed by atoms with Gasteiger partial charge in [0.2, 0.25) is 0 Å². The minimum Gasteiger partial charge on any atom is -0.192 e. The summed E-state index contributed by atoms with van der Waals surface area (Å²) < 4.78 is 9.29. The molecular formula is C28H14N4S3. The number of rotatable bonds is 4. The highest BCUT2D eigenvalue weighted by molar-refractivity contribution is 7.19. The first-order valence-electron chi connectivity index (χ1n) is 10.7. The zero-order valence-corrected chi connectivity index (χ0v) is 20.5.